The molecule has 2 aromatic carbocycles. The Balaban J connectivity index is 1.57. The van der Waals surface area contributed by atoms with Gasteiger partial charge in [-0.25, -0.2) is 4.39 Å². The quantitative estimate of drug-likeness (QED) is 0.568. The third-order valence-corrected chi connectivity index (χ3v) is 5.13. The number of carbonyl (C=O) groups is 1. The molecule has 0 saturated carbocycles. The molecule has 1 amide bonds. The monoisotopic (exact) mass is 416 g/mol. The summed E-state index contributed by atoms with van der Waals surface area (Å²) in [5.74, 6) is 1.46. The van der Waals surface area contributed by atoms with Crippen molar-refractivity contribution in [1.29, 1.82) is 0 Å². The fraction of sp³-hybridized carbons (Fsp3) is 0.435. The van der Waals surface area contributed by atoms with Crippen LogP contribution in [0.15, 0.2) is 36.4 Å². The highest BCUT2D eigenvalue weighted by Gasteiger charge is 2.19. The SMILES string of the molecule is COc1cc(CNCCCN2CCCC2=O)cc(OC)c1OCc1ccccc1F. The summed E-state index contributed by atoms with van der Waals surface area (Å²) in [7, 11) is 3.13. The van der Waals surface area contributed by atoms with E-state index in [4.69, 9.17) is 14.2 Å². The van der Waals surface area contributed by atoms with Crippen LogP contribution in [0.5, 0.6) is 17.2 Å². The van der Waals surface area contributed by atoms with Crippen molar-refractivity contribution in [2.75, 3.05) is 33.9 Å². The Hall–Kier alpha value is -2.80. The number of amides is 1. The van der Waals surface area contributed by atoms with Crippen LogP contribution >= 0.6 is 0 Å². The van der Waals surface area contributed by atoms with Gasteiger partial charge < -0.3 is 24.4 Å². The zero-order chi connectivity index (χ0) is 21.3. The molecular formula is C23H29FN2O4. The summed E-state index contributed by atoms with van der Waals surface area (Å²) in [6.07, 6.45) is 2.55. The van der Waals surface area contributed by atoms with E-state index in [1.165, 1.54) is 6.07 Å². The maximum atomic E-state index is 13.9. The van der Waals surface area contributed by atoms with Crippen molar-refractivity contribution in [3.05, 3.63) is 53.3 Å². The zero-order valence-corrected chi connectivity index (χ0v) is 17.6. The number of hydrogen-bond donors (Lipinski definition) is 1. The second-order valence-electron chi connectivity index (χ2n) is 7.22. The highest BCUT2D eigenvalue weighted by molar-refractivity contribution is 5.77. The van der Waals surface area contributed by atoms with Gasteiger partial charge in [0.2, 0.25) is 11.7 Å². The van der Waals surface area contributed by atoms with Crippen LogP contribution in [0.3, 0.4) is 0 Å². The highest BCUT2D eigenvalue weighted by atomic mass is 19.1. The average Bonchev–Trinajstić information content (AvgIpc) is 3.17. The first-order valence-corrected chi connectivity index (χ1v) is 10.2. The minimum atomic E-state index is -0.313. The van der Waals surface area contributed by atoms with Crippen molar-refractivity contribution in [3.8, 4) is 17.2 Å². The number of hydrogen-bond acceptors (Lipinski definition) is 5. The van der Waals surface area contributed by atoms with Gasteiger partial charge in [-0.3, -0.25) is 4.79 Å². The van der Waals surface area contributed by atoms with Crippen molar-refractivity contribution in [2.45, 2.75) is 32.4 Å². The molecule has 1 saturated heterocycles. The third-order valence-electron chi connectivity index (χ3n) is 5.13. The van der Waals surface area contributed by atoms with Gasteiger partial charge in [-0.15, -0.1) is 0 Å². The molecule has 6 nitrogen and oxygen atoms in total. The summed E-state index contributed by atoms with van der Waals surface area (Å²) >= 11 is 0. The number of carbonyl (C=O) groups excluding carboxylic acids is 1. The molecule has 0 atom stereocenters. The van der Waals surface area contributed by atoms with E-state index in [9.17, 15) is 9.18 Å². The number of likely N-dealkylation sites (tertiary alicyclic amines) is 1. The molecule has 1 N–H and O–H groups in total. The predicted molar refractivity (Wildman–Crippen MR) is 112 cm³/mol. The van der Waals surface area contributed by atoms with Crippen LogP contribution in [-0.4, -0.2) is 44.7 Å². The predicted octanol–water partition coefficient (Wildman–Crippen LogP) is 3.52. The molecule has 0 unspecified atom stereocenters. The highest BCUT2D eigenvalue weighted by Crippen LogP contribution is 2.39. The first kappa shape index (κ1) is 21.9. The lowest BCUT2D eigenvalue weighted by Crippen LogP contribution is -2.28. The molecule has 7 heteroatoms. The lowest BCUT2D eigenvalue weighted by atomic mass is 10.1. The summed E-state index contributed by atoms with van der Waals surface area (Å²) < 4.78 is 30.7. The second kappa shape index (κ2) is 10.8. The van der Waals surface area contributed by atoms with E-state index in [0.717, 1.165) is 38.0 Å². The number of nitrogens with one attached hydrogen (secondary N) is 1. The standard InChI is InChI=1S/C23H29FN2O4/c1-28-20-13-17(15-25-10-6-12-26-11-5-9-22(26)27)14-21(29-2)23(20)30-16-18-7-3-4-8-19(18)24/h3-4,7-8,13-14,25H,5-6,9-12,15-16H2,1-2H3. The maximum Gasteiger partial charge on any atom is 0.222 e. The molecule has 3 rings (SSSR count). The number of nitrogens with zero attached hydrogens (tertiary/aromatic N) is 1. The molecule has 30 heavy (non-hydrogen) atoms. The molecule has 0 radical (unpaired) electrons. The van der Waals surface area contributed by atoms with Crippen molar-refractivity contribution in [2.24, 2.45) is 0 Å². The normalized spacial score (nSPS) is 13.6. The number of benzene rings is 2. The summed E-state index contributed by atoms with van der Waals surface area (Å²) in [6.45, 7) is 3.18. The first-order chi connectivity index (χ1) is 14.6. The largest absolute Gasteiger partial charge is 0.493 e. The first-order valence-electron chi connectivity index (χ1n) is 10.2. The Bertz CT molecular complexity index is 834. The summed E-state index contributed by atoms with van der Waals surface area (Å²) in [5, 5.41) is 3.39. The molecule has 2 aromatic rings. The van der Waals surface area contributed by atoms with Crippen LogP contribution in [0.2, 0.25) is 0 Å². The number of ether oxygens (including phenoxy) is 3. The number of halogens is 1. The second-order valence-corrected chi connectivity index (χ2v) is 7.22. The molecular weight excluding hydrogens is 387 g/mol. The van der Waals surface area contributed by atoms with E-state index in [1.807, 2.05) is 17.0 Å². The smallest absolute Gasteiger partial charge is 0.222 e. The minimum absolute atomic E-state index is 0.0756. The van der Waals surface area contributed by atoms with Gasteiger partial charge in [-0.1, -0.05) is 18.2 Å². The van der Waals surface area contributed by atoms with Crippen LogP contribution in [0.25, 0.3) is 0 Å². The molecule has 1 aliphatic heterocycles. The topological polar surface area (TPSA) is 60.0 Å². The summed E-state index contributed by atoms with van der Waals surface area (Å²) in [5.41, 5.74) is 1.45. The Morgan fingerprint density at radius 1 is 1.13 bits per heavy atom. The Labute approximate surface area is 176 Å². The van der Waals surface area contributed by atoms with Gasteiger partial charge in [0.05, 0.1) is 14.2 Å². The van der Waals surface area contributed by atoms with Crippen LogP contribution in [0.4, 0.5) is 4.39 Å². The van der Waals surface area contributed by atoms with E-state index in [-0.39, 0.29) is 18.3 Å². The van der Waals surface area contributed by atoms with Crippen LogP contribution in [0.1, 0.15) is 30.4 Å². The molecule has 1 aliphatic rings. The summed E-state index contributed by atoms with van der Waals surface area (Å²) in [6, 6.07) is 10.3. The molecule has 0 spiro atoms. The van der Waals surface area contributed by atoms with Gasteiger partial charge >= 0.3 is 0 Å². The zero-order valence-electron chi connectivity index (χ0n) is 17.6. The van der Waals surface area contributed by atoms with E-state index in [1.54, 1.807) is 32.4 Å². The van der Waals surface area contributed by atoms with Crippen molar-refractivity contribution in [3.63, 3.8) is 0 Å². The van der Waals surface area contributed by atoms with Crippen LogP contribution < -0.4 is 19.5 Å². The number of methoxy groups -OCH3 is 2. The van der Waals surface area contributed by atoms with Gasteiger partial charge in [0.1, 0.15) is 12.4 Å². The fourth-order valence-corrected chi connectivity index (χ4v) is 3.51. The Morgan fingerprint density at radius 3 is 2.50 bits per heavy atom. The fourth-order valence-electron chi connectivity index (χ4n) is 3.51. The van der Waals surface area contributed by atoms with Gasteiger partial charge in [0, 0.05) is 31.6 Å². The van der Waals surface area contributed by atoms with Gasteiger partial charge in [-0.2, -0.15) is 0 Å². The molecule has 1 heterocycles. The van der Waals surface area contributed by atoms with Crippen molar-refractivity contribution in [1.82, 2.24) is 10.2 Å². The van der Waals surface area contributed by atoms with Crippen LogP contribution in [-0.2, 0) is 17.9 Å². The van der Waals surface area contributed by atoms with Crippen molar-refractivity contribution < 1.29 is 23.4 Å². The Morgan fingerprint density at radius 2 is 1.87 bits per heavy atom. The van der Waals surface area contributed by atoms with Crippen molar-refractivity contribution >= 4 is 5.91 Å². The van der Waals surface area contributed by atoms with Gasteiger partial charge in [-0.05, 0) is 43.1 Å². The van der Waals surface area contributed by atoms with Crippen LogP contribution in [0, 0.1) is 5.82 Å². The molecule has 0 bridgehead atoms. The molecule has 0 aliphatic carbocycles. The minimum Gasteiger partial charge on any atom is -0.493 e. The number of rotatable bonds is 11. The van der Waals surface area contributed by atoms with E-state index in [2.05, 4.69) is 5.32 Å². The van der Waals surface area contributed by atoms with Gasteiger partial charge in [0.25, 0.3) is 0 Å². The molecule has 1 fully saturated rings. The van der Waals surface area contributed by atoms with Gasteiger partial charge in [0.15, 0.2) is 11.5 Å². The third kappa shape index (κ3) is 5.63. The lowest BCUT2D eigenvalue weighted by Gasteiger charge is -2.17. The Kier molecular flexibility index (Phi) is 7.90. The van der Waals surface area contributed by atoms with E-state index < -0.39 is 0 Å². The summed E-state index contributed by atoms with van der Waals surface area (Å²) in [4.78, 5) is 13.6. The molecule has 162 valence electrons. The average molecular weight is 416 g/mol. The molecule has 0 aromatic heterocycles. The van der Waals surface area contributed by atoms with E-state index >= 15 is 0 Å². The maximum absolute atomic E-state index is 13.9. The lowest BCUT2D eigenvalue weighted by molar-refractivity contribution is -0.127. The van der Waals surface area contributed by atoms with E-state index in [0.29, 0.717) is 35.8 Å².